The van der Waals surface area contributed by atoms with Gasteiger partial charge in [0.1, 0.15) is 0 Å². The number of thiophene rings is 1. The summed E-state index contributed by atoms with van der Waals surface area (Å²) in [6.07, 6.45) is 2.93. The summed E-state index contributed by atoms with van der Waals surface area (Å²) in [4.78, 5) is 28.4. The zero-order chi connectivity index (χ0) is 21.9. The maximum Gasteiger partial charge on any atom is 0.264 e. The molecule has 0 radical (unpaired) electrons. The van der Waals surface area contributed by atoms with E-state index in [1.165, 1.54) is 33.8 Å². The lowest BCUT2D eigenvalue weighted by atomic mass is 10.1. The predicted molar refractivity (Wildman–Crippen MR) is 119 cm³/mol. The van der Waals surface area contributed by atoms with Crippen molar-refractivity contribution >= 4 is 33.1 Å². The average molecular weight is 449 g/mol. The van der Waals surface area contributed by atoms with Gasteiger partial charge in [0.25, 0.3) is 5.91 Å². The van der Waals surface area contributed by atoms with Crippen LogP contribution >= 0.6 is 11.3 Å². The van der Waals surface area contributed by atoms with Gasteiger partial charge >= 0.3 is 0 Å². The second kappa shape index (κ2) is 9.41. The van der Waals surface area contributed by atoms with E-state index in [0.717, 1.165) is 24.1 Å². The minimum absolute atomic E-state index is 0.0207. The van der Waals surface area contributed by atoms with Crippen LogP contribution in [0.3, 0.4) is 0 Å². The van der Waals surface area contributed by atoms with Gasteiger partial charge in [0, 0.05) is 36.6 Å². The number of hydrogen-bond donors (Lipinski definition) is 0. The van der Waals surface area contributed by atoms with E-state index >= 15 is 0 Å². The van der Waals surface area contributed by atoms with Gasteiger partial charge in [-0.05, 0) is 43.5 Å². The van der Waals surface area contributed by atoms with Gasteiger partial charge < -0.3 is 4.90 Å². The maximum atomic E-state index is 13.0. The van der Waals surface area contributed by atoms with E-state index < -0.39 is 10.0 Å². The van der Waals surface area contributed by atoms with Crippen molar-refractivity contribution in [1.29, 1.82) is 0 Å². The number of Topliss-reactive ketones (excluding diaryl/α,β-unsaturated/α-hetero) is 1. The van der Waals surface area contributed by atoms with Gasteiger partial charge in [-0.2, -0.15) is 4.31 Å². The van der Waals surface area contributed by atoms with Crippen molar-refractivity contribution in [2.75, 3.05) is 26.2 Å². The van der Waals surface area contributed by atoms with E-state index in [4.69, 9.17) is 0 Å². The Morgan fingerprint density at radius 2 is 1.77 bits per heavy atom. The molecule has 0 saturated carbocycles. The fraction of sp³-hybridized carbons (Fsp3) is 0.455. The second-order valence-corrected chi connectivity index (χ2v) is 10.5. The SMILES string of the molecule is CCCc1sc(C(=O)N2CCN(S(=O)(=O)c3cccc(C(C)=O)c3)CC2)cc1CC. The number of carbonyl (C=O) groups is 2. The van der Waals surface area contributed by atoms with Crippen molar-refractivity contribution in [3.8, 4) is 0 Å². The standard InChI is InChI=1S/C22H28N2O4S2/c1-4-7-20-17(5-2)15-21(29-20)22(26)23-10-12-24(13-11-23)30(27,28)19-9-6-8-18(14-19)16(3)25/h6,8-9,14-15H,4-5,7,10-13H2,1-3H3. The van der Waals surface area contributed by atoms with Gasteiger partial charge in [-0.15, -0.1) is 11.3 Å². The number of nitrogens with zero attached hydrogens (tertiary/aromatic N) is 2. The van der Waals surface area contributed by atoms with Crippen molar-refractivity contribution in [1.82, 2.24) is 9.21 Å². The van der Waals surface area contributed by atoms with Crippen molar-refractivity contribution in [3.63, 3.8) is 0 Å². The van der Waals surface area contributed by atoms with E-state index in [-0.39, 0.29) is 29.7 Å². The number of sulfonamides is 1. The molecule has 0 atom stereocenters. The zero-order valence-electron chi connectivity index (χ0n) is 17.7. The third-order valence-corrected chi connectivity index (χ3v) is 8.49. The van der Waals surface area contributed by atoms with Crippen LogP contribution in [0.1, 0.15) is 57.7 Å². The molecule has 1 saturated heterocycles. The smallest absolute Gasteiger partial charge is 0.264 e. The summed E-state index contributed by atoms with van der Waals surface area (Å²) in [6.45, 7) is 6.83. The third-order valence-electron chi connectivity index (χ3n) is 5.37. The van der Waals surface area contributed by atoms with Crippen LogP contribution in [0, 0.1) is 0 Å². The van der Waals surface area contributed by atoms with Gasteiger partial charge in [0.2, 0.25) is 10.0 Å². The molecule has 0 N–H and O–H groups in total. The van der Waals surface area contributed by atoms with Gasteiger partial charge in [0.05, 0.1) is 9.77 Å². The zero-order valence-corrected chi connectivity index (χ0v) is 19.3. The van der Waals surface area contributed by atoms with Crippen LogP contribution in [0.15, 0.2) is 35.2 Å². The summed E-state index contributed by atoms with van der Waals surface area (Å²) in [5.74, 6) is -0.194. The summed E-state index contributed by atoms with van der Waals surface area (Å²) in [5.41, 5.74) is 1.61. The van der Waals surface area contributed by atoms with Gasteiger partial charge in [0.15, 0.2) is 5.78 Å². The first kappa shape index (κ1) is 22.7. The Hall–Kier alpha value is -2.03. The molecule has 1 aliphatic heterocycles. The first-order valence-corrected chi connectivity index (χ1v) is 12.6. The molecule has 162 valence electrons. The van der Waals surface area contributed by atoms with Crippen molar-refractivity contribution in [2.24, 2.45) is 0 Å². The summed E-state index contributed by atoms with van der Waals surface area (Å²) in [6, 6.07) is 8.11. The summed E-state index contributed by atoms with van der Waals surface area (Å²) in [5, 5.41) is 0. The second-order valence-electron chi connectivity index (χ2n) is 7.44. The van der Waals surface area contributed by atoms with E-state index in [0.29, 0.717) is 18.7 Å². The van der Waals surface area contributed by atoms with Crippen molar-refractivity contribution < 1.29 is 18.0 Å². The molecule has 1 aromatic heterocycles. The molecule has 2 aromatic rings. The first-order valence-electron chi connectivity index (χ1n) is 10.3. The molecule has 30 heavy (non-hydrogen) atoms. The van der Waals surface area contributed by atoms with Crippen LogP contribution in [0.25, 0.3) is 0 Å². The van der Waals surface area contributed by atoms with Crippen LogP contribution in [0.2, 0.25) is 0 Å². The monoisotopic (exact) mass is 448 g/mol. The van der Waals surface area contributed by atoms with E-state index in [1.54, 1.807) is 28.4 Å². The van der Waals surface area contributed by atoms with Crippen LogP contribution in [0.5, 0.6) is 0 Å². The first-order chi connectivity index (χ1) is 14.3. The molecule has 0 unspecified atom stereocenters. The van der Waals surface area contributed by atoms with E-state index in [2.05, 4.69) is 13.8 Å². The van der Waals surface area contributed by atoms with Gasteiger partial charge in [-0.3, -0.25) is 9.59 Å². The Morgan fingerprint density at radius 3 is 2.37 bits per heavy atom. The quantitative estimate of drug-likeness (QED) is 0.607. The highest BCUT2D eigenvalue weighted by atomic mass is 32.2. The lowest BCUT2D eigenvalue weighted by molar-refractivity contribution is 0.0702. The van der Waals surface area contributed by atoms with Gasteiger partial charge in [-0.25, -0.2) is 8.42 Å². The Morgan fingerprint density at radius 1 is 1.07 bits per heavy atom. The molecular formula is C22H28N2O4S2. The minimum Gasteiger partial charge on any atom is -0.335 e. The third kappa shape index (κ3) is 4.66. The molecule has 1 aliphatic rings. The number of hydrogen-bond acceptors (Lipinski definition) is 5. The molecule has 2 heterocycles. The molecular weight excluding hydrogens is 420 g/mol. The molecule has 1 amide bonds. The van der Waals surface area contributed by atoms with Gasteiger partial charge in [-0.1, -0.05) is 32.4 Å². The topological polar surface area (TPSA) is 74.8 Å². The molecule has 3 rings (SSSR count). The van der Waals surface area contributed by atoms with Crippen LogP contribution in [0.4, 0.5) is 0 Å². The van der Waals surface area contributed by atoms with E-state index in [1.807, 2.05) is 6.07 Å². The van der Waals surface area contributed by atoms with Crippen LogP contribution < -0.4 is 0 Å². The molecule has 6 nitrogen and oxygen atoms in total. The molecule has 1 aromatic carbocycles. The van der Waals surface area contributed by atoms with Crippen LogP contribution in [-0.4, -0.2) is 55.5 Å². The highest BCUT2D eigenvalue weighted by Crippen LogP contribution is 2.27. The highest BCUT2D eigenvalue weighted by molar-refractivity contribution is 7.89. The Labute approximate surface area is 182 Å². The lowest BCUT2D eigenvalue weighted by Gasteiger charge is -2.33. The molecule has 1 fully saturated rings. The average Bonchev–Trinajstić information content (AvgIpc) is 3.16. The molecule has 0 spiro atoms. The van der Waals surface area contributed by atoms with Crippen molar-refractivity contribution in [2.45, 2.75) is 44.9 Å². The summed E-state index contributed by atoms with van der Waals surface area (Å²) < 4.78 is 27.4. The minimum atomic E-state index is -3.70. The Bertz CT molecular complexity index is 1040. The molecule has 8 heteroatoms. The number of ketones is 1. The summed E-state index contributed by atoms with van der Waals surface area (Å²) >= 11 is 1.56. The lowest BCUT2D eigenvalue weighted by Crippen LogP contribution is -2.50. The molecule has 0 aliphatic carbocycles. The molecule has 0 bridgehead atoms. The highest BCUT2D eigenvalue weighted by Gasteiger charge is 2.31. The number of carbonyl (C=O) groups excluding carboxylic acids is 2. The predicted octanol–water partition coefficient (Wildman–Crippen LogP) is 3.61. The number of rotatable bonds is 7. The fourth-order valence-electron chi connectivity index (χ4n) is 3.62. The number of benzene rings is 1. The Balaban J connectivity index is 1.70. The number of aryl methyl sites for hydroxylation is 2. The Kier molecular flexibility index (Phi) is 7.10. The number of piperazine rings is 1. The summed E-state index contributed by atoms with van der Waals surface area (Å²) in [7, 11) is -3.70. The van der Waals surface area contributed by atoms with Crippen LogP contribution in [-0.2, 0) is 22.9 Å². The van der Waals surface area contributed by atoms with Crippen molar-refractivity contribution in [3.05, 3.63) is 51.2 Å². The number of amides is 1. The fourth-order valence-corrected chi connectivity index (χ4v) is 6.41. The largest absolute Gasteiger partial charge is 0.335 e. The normalized spacial score (nSPS) is 15.4. The van der Waals surface area contributed by atoms with E-state index in [9.17, 15) is 18.0 Å². The maximum absolute atomic E-state index is 13.0.